The minimum Gasteiger partial charge on any atom is -0.390 e. The van der Waals surface area contributed by atoms with Crippen molar-refractivity contribution in [3.63, 3.8) is 0 Å². The molecule has 0 aromatic heterocycles. The lowest BCUT2D eigenvalue weighted by Crippen LogP contribution is -2.36. The molecule has 3 unspecified atom stereocenters. The fourth-order valence-corrected chi connectivity index (χ4v) is 2.55. The predicted molar refractivity (Wildman–Crippen MR) is 73.3 cm³/mol. The van der Waals surface area contributed by atoms with Crippen LogP contribution in [0.25, 0.3) is 0 Å². The van der Waals surface area contributed by atoms with Gasteiger partial charge in [-0.3, -0.25) is 5.26 Å². The van der Waals surface area contributed by atoms with Crippen molar-refractivity contribution in [2.24, 2.45) is 5.92 Å². The van der Waals surface area contributed by atoms with E-state index in [-0.39, 0.29) is 6.10 Å². The Morgan fingerprint density at radius 1 is 1.67 bits per heavy atom. The SMILES string of the molecule is C=C(C)C(CCC(C)(O)C1CC=C(C)CC1)OO. The quantitative estimate of drug-likeness (QED) is 0.431. The van der Waals surface area contributed by atoms with Gasteiger partial charge in [-0.2, -0.15) is 0 Å². The van der Waals surface area contributed by atoms with Crippen LogP contribution in [-0.4, -0.2) is 22.1 Å². The maximum absolute atomic E-state index is 10.6. The number of aliphatic hydroxyl groups is 1. The monoisotopic (exact) mass is 254 g/mol. The van der Waals surface area contributed by atoms with Crippen molar-refractivity contribution in [1.82, 2.24) is 0 Å². The number of hydrogen-bond acceptors (Lipinski definition) is 3. The highest BCUT2D eigenvalue weighted by molar-refractivity contribution is 5.06. The third kappa shape index (κ3) is 4.23. The molecule has 0 fully saturated rings. The molecule has 0 saturated carbocycles. The minimum atomic E-state index is -0.705. The van der Waals surface area contributed by atoms with Gasteiger partial charge < -0.3 is 5.11 Å². The normalized spacial score (nSPS) is 25.2. The molecule has 0 radical (unpaired) electrons. The van der Waals surface area contributed by atoms with Gasteiger partial charge in [-0.1, -0.05) is 18.2 Å². The molecule has 0 heterocycles. The van der Waals surface area contributed by atoms with Crippen LogP contribution >= 0.6 is 0 Å². The maximum Gasteiger partial charge on any atom is 0.113 e. The van der Waals surface area contributed by atoms with Crippen molar-refractivity contribution in [1.29, 1.82) is 0 Å². The highest BCUT2D eigenvalue weighted by Crippen LogP contribution is 2.35. The molecule has 3 atom stereocenters. The summed E-state index contributed by atoms with van der Waals surface area (Å²) >= 11 is 0. The van der Waals surface area contributed by atoms with Gasteiger partial charge in [0.1, 0.15) is 6.10 Å². The molecule has 18 heavy (non-hydrogen) atoms. The van der Waals surface area contributed by atoms with E-state index in [0.717, 1.165) is 24.8 Å². The molecule has 3 heteroatoms. The Morgan fingerprint density at radius 2 is 2.33 bits per heavy atom. The number of hydrogen-bond donors (Lipinski definition) is 2. The zero-order valence-electron chi connectivity index (χ0n) is 11.8. The molecule has 3 nitrogen and oxygen atoms in total. The fourth-order valence-electron chi connectivity index (χ4n) is 2.55. The first-order valence-electron chi connectivity index (χ1n) is 6.70. The van der Waals surface area contributed by atoms with Gasteiger partial charge in [0.25, 0.3) is 0 Å². The highest BCUT2D eigenvalue weighted by Gasteiger charge is 2.32. The first-order valence-corrected chi connectivity index (χ1v) is 6.70. The number of rotatable bonds is 6. The Hall–Kier alpha value is -0.640. The lowest BCUT2D eigenvalue weighted by molar-refractivity contribution is -0.271. The van der Waals surface area contributed by atoms with Crippen molar-refractivity contribution in [2.45, 2.75) is 64.6 Å². The van der Waals surface area contributed by atoms with Crippen LogP contribution in [0.2, 0.25) is 0 Å². The van der Waals surface area contributed by atoms with Crippen LogP contribution in [0, 0.1) is 5.92 Å². The summed E-state index contributed by atoms with van der Waals surface area (Å²) in [7, 11) is 0. The van der Waals surface area contributed by atoms with Crippen molar-refractivity contribution in [3.8, 4) is 0 Å². The Labute approximate surface area is 110 Å². The Morgan fingerprint density at radius 3 is 2.78 bits per heavy atom. The van der Waals surface area contributed by atoms with Gasteiger partial charge in [-0.05, 0) is 64.4 Å². The predicted octanol–water partition coefficient (Wildman–Crippen LogP) is 3.70. The van der Waals surface area contributed by atoms with Crippen molar-refractivity contribution in [3.05, 3.63) is 23.8 Å². The molecule has 0 aliphatic heterocycles. The first kappa shape index (κ1) is 15.4. The summed E-state index contributed by atoms with van der Waals surface area (Å²) < 4.78 is 0. The van der Waals surface area contributed by atoms with Gasteiger partial charge in [-0.15, -0.1) is 0 Å². The van der Waals surface area contributed by atoms with Crippen LogP contribution in [0.5, 0.6) is 0 Å². The third-order valence-electron chi connectivity index (χ3n) is 4.11. The van der Waals surface area contributed by atoms with E-state index in [1.807, 2.05) is 13.8 Å². The molecule has 104 valence electrons. The summed E-state index contributed by atoms with van der Waals surface area (Å²) in [5, 5.41) is 19.3. The summed E-state index contributed by atoms with van der Waals surface area (Å²) in [5.74, 6) is 0.297. The van der Waals surface area contributed by atoms with Crippen molar-refractivity contribution < 1.29 is 15.3 Å². The molecule has 1 aliphatic rings. The van der Waals surface area contributed by atoms with Crippen molar-refractivity contribution >= 4 is 0 Å². The second-order valence-electron chi connectivity index (χ2n) is 5.86. The standard InChI is InChI=1S/C15H26O3/c1-11(2)14(18-17)9-10-15(4,16)13-7-5-12(3)6-8-13/h5,13-14,16-17H,1,6-10H2,2-4H3. The molecule has 0 saturated heterocycles. The van der Waals surface area contributed by atoms with Crippen LogP contribution in [0.3, 0.4) is 0 Å². The van der Waals surface area contributed by atoms with E-state index < -0.39 is 5.60 Å². The lowest BCUT2D eigenvalue weighted by atomic mass is 9.76. The van der Waals surface area contributed by atoms with Gasteiger partial charge in [0.05, 0.1) is 5.60 Å². The van der Waals surface area contributed by atoms with E-state index >= 15 is 0 Å². The second-order valence-corrected chi connectivity index (χ2v) is 5.86. The van der Waals surface area contributed by atoms with Gasteiger partial charge in [0, 0.05) is 0 Å². The largest absolute Gasteiger partial charge is 0.390 e. The molecular formula is C15H26O3. The molecular weight excluding hydrogens is 228 g/mol. The van der Waals surface area contributed by atoms with E-state index in [9.17, 15) is 5.11 Å². The van der Waals surface area contributed by atoms with Crippen LogP contribution in [0.1, 0.15) is 52.9 Å². The topological polar surface area (TPSA) is 49.7 Å². The molecule has 1 aliphatic carbocycles. The summed E-state index contributed by atoms with van der Waals surface area (Å²) in [6, 6.07) is 0. The van der Waals surface area contributed by atoms with Crippen LogP contribution in [-0.2, 0) is 4.89 Å². The van der Waals surface area contributed by atoms with E-state index in [2.05, 4.69) is 24.5 Å². The van der Waals surface area contributed by atoms with Crippen molar-refractivity contribution in [2.75, 3.05) is 0 Å². The van der Waals surface area contributed by atoms with Crippen LogP contribution in [0.15, 0.2) is 23.8 Å². The molecule has 0 aromatic carbocycles. The third-order valence-corrected chi connectivity index (χ3v) is 4.11. The van der Waals surface area contributed by atoms with Gasteiger partial charge in [0.15, 0.2) is 0 Å². The summed E-state index contributed by atoms with van der Waals surface area (Å²) in [4.78, 5) is 4.39. The number of allylic oxidation sites excluding steroid dienone is 2. The summed E-state index contributed by atoms with van der Waals surface area (Å²) in [6.07, 6.45) is 6.10. The maximum atomic E-state index is 10.6. The summed E-state index contributed by atoms with van der Waals surface area (Å²) in [6.45, 7) is 9.62. The molecule has 0 amide bonds. The zero-order valence-corrected chi connectivity index (χ0v) is 11.8. The Bertz CT molecular complexity index is 318. The second kappa shape index (κ2) is 6.50. The van der Waals surface area contributed by atoms with Crippen LogP contribution < -0.4 is 0 Å². The average molecular weight is 254 g/mol. The molecule has 0 bridgehead atoms. The highest BCUT2D eigenvalue weighted by atomic mass is 17.1. The fraction of sp³-hybridized carbons (Fsp3) is 0.733. The summed E-state index contributed by atoms with van der Waals surface area (Å²) in [5.41, 5.74) is 1.50. The molecule has 0 aromatic rings. The van der Waals surface area contributed by atoms with E-state index in [0.29, 0.717) is 18.8 Å². The molecule has 1 rings (SSSR count). The smallest absolute Gasteiger partial charge is 0.113 e. The van der Waals surface area contributed by atoms with Gasteiger partial charge in [0.2, 0.25) is 0 Å². The average Bonchev–Trinajstić information content (AvgIpc) is 2.29. The lowest BCUT2D eigenvalue weighted by Gasteiger charge is -2.35. The Kier molecular flexibility index (Phi) is 5.57. The van der Waals surface area contributed by atoms with Gasteiger partial charge >= 0.3 is 0 Å². The minimum absolute atomic E-state index is 0.297. The van der Waals surface area contributed by atoms with Gasteiger partial charge in [-0.25, -0.2) is 4.89 Å². The zero-order chi connectivity index (χ0) is 13.8. The van der Waals surface area contributed by atoms with E-state index in [1.165, 1.54) is 5.57 Å². The van der Waals surface area contributed by atoms with E-state index in [1.54, 1.807) is 0 Å². The van der Waals surface area contributed by atoms with Crippen LogP contribution in [0.4, 0.5) is 0 Å². The molecule has 2 N–H and O–H groups in total. The molecule has 0 spiro atoms. The first-order chi connectivity index (χ1) is 8.36. The Balaban J connectivity index is 2.51. The van der Waals surface area contributed by atoms with E-state index in [4.69, 9.17) is 5.26 Å².